The number of nitrogens with zero attached hydrogens (tertiary/aromatic N) is 2. The molecule has 0 heterocycles. The van der Waals surface area contributed by atoms with E-state index in [1.54, 1.807) is 17.6 Å². The molecule has 2 atom stereocenters. The Morgan fingerprint density at radius 2 is 1.68 bits per heavy atom. The Bertz CT molecular complexity index is 1200. The summed E-state index contributed by atoms with van der Waals surface area (Å²) in [5.41, 5.74) is 5.17. The monoisotopic (exact) mass is 532 g/mol. The summed E-state index contributed by atoms with van der Waals surface area (Å²) < 4.78 is 25.6. The van der Waals surface area contributed by atoms with Crippen molar-refractivity contribution < 1.29 is 28.1 Å². The Morgan fingerprint density at radius 3 is 2.19 bits per heavy atom. The van der Waals surface area contributed by atoms with E-state index in [9.17, 15) is 33.3 Å². The van der Waals surface area contributed by atoms with Crippen LogP contribution < -0.4 is 10.9 Å². The number of nitrogens with one attached hydrogen (secondary N) is 2. The van der Waals surface area contributed by atoms with Crippen LogP contribution in [0.2, 0.25) is 0 Å². The quantitative estimate of drug-likeness (QED) is 0.203. The summed E-state index contributed by atoms with van der Waals surface area (Å²) in [7, 11) is -3.95. The van der Waals surface area contributed by atoms with Gasteiger partial charge in [-0.25, -0.2) is 13.9 Å². The summed E-state index contributed by atoms with van der Waals surface area (Å²) >= 11 is 0. The highest BCUT2D eigenvalue weighted by Crippen LogP contribution is 2.26. The number of nitro groups is 1. The second-order valence-corrected chi connectivity index (χ2v) is 10.9. The van der Waals surface area contributed by atoms with Crippen molar-refractivity contribution in [3.63, 3.8) is 0 Å². The second kappa shape index (κ2) is 13.6. The molecular formula is C25H32N4O7S. The predicted molar refractivity (Wildman–Crippen MR) is 138 cm³/mol. The molecule has 0 aliphatic heterocycles. The molecule has 200 valence electrons. The fourth-order valence-corrected chi connectivity index (χ4v) is 4.39. The number of sulfonamides is 1. The standard InChI is InChI=1S/C25H32N4O7S/c1-18(2)16-23(22(25(31)27-32)11-7-10-19-8-5-4-6-9-19)24(30)26-28(37(3,35)36)17-20-12-14-21(15-13-20)29(33)34/h4-10,12-15,18,22-23,32H,11,16-17H2,1-3H3,(H,26,30)(H,27,31)/t22-,23+/m0/s1. The Hall–Kier alpha value is -3.61. The Kier molecular flexibility index (Phi) is 10.9. The smallest absolute Gasteiger partial charge is 0.269 e. The number of nitro benzene ring substituents is 1. The van der Waals surface area contributed by atoms with E-state index < -0.39 is 38.6 Å². The summed E-state index contributed by atoms with van der Waals surface area (Å²) in [5.74, 6) is -3.44. The van der Waals surface area contributed by atoms with Gasteiger partial charge in [-0.1, -0.05) is 68.5 Å². The van der Waals surface area contributed by atoms with Gasteiger partial charge in [-0.2, -0.15) is 0 Å². The zero-order valence-electron chi connectivity index (χ0n) is 20.9. The average molecular weight is 533 g/mol. The molecule has 0 spiro atoms. The predicted octanol–water partition coefficient (Wildman–Crippen LogP) is 3.28. The van der Waals surface area contributed by atoms with Gasteiger partial charge < -0.3 is 0 Å². The minimum atomic E-state index is -3.95. The van der Waals surface area contributed by atoms with E-state index in [4.69, 9.17) is 0 Å². The third kappa shape index (κ3) is 9.41. The largest absolute Gasteiger partial charge is 0.289 e. The van der Waals surface area contributed by atoms with Gasteiger partial charge in [-0.3, -0.25) is 30.3 Å². The number of allylic oxidation sites excluding steroid dienone is 1. The van der Waals surface area contributed by atoms with Gasteiger partial charge in [-0.05, 0) is 29.9 Å². The molecule has 12 heteroatoms. The van der Waals surface area contributed by atoms with Crippen LogP contribution >= 0.6 is 0 Å². The molecule has 0 radical (unpaired) electrons. The second-order valence-electron chi connectivity index (χ2n) is 9.04. The SMILES string of the molecule is CC(C)C[C@@H](C(=O)NN(Cc1ccc([N+](=O)[O-])cc1)S(C)(=O)=O)[C@H](CC=Cc1ccccc1)C(=O)NO. The first-order chi connectivity index (χ1) is 17.4. The van der Waals surface area contributed by atoms with E-state index in [2.05, 4.69) is 5.43 Å². The van der Waals surface area contributed by atoms with Crippen LogP contribution in [0.4, 0.5) is 5.69 Å². The highest BCUT2D eigenvalue weighted by molar-refractivity contribution is 7.88. The van der Waals surface area contributed by atoms with Gasteiger partial charge in [0.2, 0.25) is 21.8 Å². The zero-order chi connectivity index (χ0) is 27.6. The lowest BCUT2D eigenvalue weighted by molar-refractivity contribution is -0.384. The number of non-ortho nitro benzene ring substituents is 1. The van der Waals surface area contributed by atoms with Crippen molar-refractivity contribution in [3.05, 3.63) is 81.9 Å². The van der Waals surface area contributed by atoms with Crippen LogP contribution in [0.15, 0.2) is 60.7 Å². The average Bonchev–Trinajstić information content (AvgIpc) is 2.85. The van der Waals surface area contributed by atoms with Crippen LogP contribution in [0.25, 0.3) is 6.08 Å². The van der Waals surface area contributed by atoms with Crippen molar-refractivity contribution in [2.24, 2.45) is 17.8 Å². The number of hydrogen-bond acceptors (Lipinski definition) is 7. The van der Waals surface area contributed by atoms with Crippen molar-refractivity contribution >= 4 is 33.6 Å². The first kappa shape index (κ1) is 29.6. The number of carbonyl (C=O) groups is 2. The molecule has 0 unspecified atom stereocenters. The Morgan fingerprint density at radius 1 is 1.05 bits per heavy atom. The molecule has 0 bridgehead atoms. The molecule has 0 saturated heterocycles. The van der Waals surface area contributed by atoms with Gasteiger partial charge in [0.25, 0.3) is 5.69 Å². The van der Waals surface area contributed by atoms with Crippen LogP contribution in [0.5, 0.6) is 0 Å². The summed E-state index contributed by atoms with van der Waals surface area (Å²) in [4.78, 5) is 36.3. The van der Waals surface area contributed by atoms with Crippen LogP contribution in [-0.4, -0.2) is 41.0 Å². The first-order valence-corrected chi connectivity index (χ1v) is 13.4. The molecule has 0 aliphatic carbocycles. The summed E-state index contributed by atoms with van der Waals surface area (Å²) in [5, 5.41) is 20.2. The zero-order valence-corrected chi connectivity index (χ0v) is 21.7. The van der Waals surface area contributed by atoms with Crippen LogP contribution in [0.1, 0.15) is 37.8 Å². The third-order valence-corrected chi connectivity index (χ3v) is 6.62. The lowest BCUT2D eigenvalue weighted by atomic mass is 9.82. The first-order valence-electron chi connectivity index (χ1n) is 11.6. The molecule has 0 saturated carbocycles. The molecule has 11 nitrogen and oxygen atoms in total. The Labute approximate surface area is 216 Å². The minimum Gasteiger partial charge on any atom is -0.289 e. The fourth-order valence-electron chi connectivity index (χ4n) is 3.75. The van der Waals surface area contributed by atoms with E-state index in [1.165, 1.54) is 24.3 Å². The Balaban J connectivity index is 2.29. The molecule has 2 amide bonds. The highest BCUT2D eigenvalue weighted by Gasteiger charge is 2.35. The van der Waals surface area contributed by atoms with Gasteiger partial charge in [0, 0.05) is 12.1 Å². The van der Waals surface area contributed by atoms with Gasteiger partial charge >= 0.3 is 0 Å². The van der Waals surface area contributed by atoms with Crippen LogP contribution in [0, 0.1) is 27.9 Å². The summed E-state index contributed by atoms with van der Waals surface area (Å²) in [6.45, 7) is 3.44. The van der Waals surface area contributed by atoms with Crippen molar-refractivity contribution in [3.8, 4) is 0 Å². The molecular weight excluding hydrogens is 500 g/mol. The van der Waals surface area contributed by atoms with E-state index in [1.807, 2.05) is 44.2 Å². The molecule has 0 fully saturated rings. The van der Waals surface area contributed by atoms with Gasteiger partial charge in [0.1, 0.15) is 0 Å². The van der Waals surface area contributed by atoms with Crippen molar-refractivity contribution in [1.82, 2.24) is 15.3 Å². The van der Waals surface area contributed by atoms with Crippen LogP contribution in [-0.2, 0) is 26.2 Å². The number of carbonyl (C=O) groups excluding carboxylic acids is 2. The van der Waals surface area contributed by atoms with Crippen molar-refractivity contribution in [1.29, 1.82) is 0 Å². The number of hydrazine groups is 1. The topological polar surface area (TPSA) is 159 Å². The highest BCUT2D eigenvalue weighted by atomic mass is 32.2. The normalized spacial score (nSPS) is 13.5. The van der Waals surface area contributed by atoms with E-state index in [0.29, 0.717) is 5.56 Å². The van der Waals surface area contributed by atoms with Gasteiger partial charge in [-0.15, -0.1) is 4.41 Å². The maximum atomic E-state index is 13.4. The maximum Gasteiger partial charge on any atom is 0.269 e. The van der Waals surface area contributed by atoms with Crippen molar-refractivity contribution in [2.75, 3.05) is 6.26 Å². The fraction of sp³-hybridized carbons (Fsp3) is 0.360. The molecule has 3 N–H and O–H groups in total. The minimum absolute atomic E-state index is 0.0239. The molecule has 2 aromatic carbocycles. The molecule has 2 rings (SSSR count). The van der Waals surface area contributed by atoms with E-state index in [-0.39, 0.29) is 31.0 Å². The van der Waals surface area contributed by atoms with E-state index >= 15 is 0 Å². The maximum absolute atomic E-state index is 13.4. The lowest BCUT2D eigenvalue weighted by Gasteiger charge is -2.28. The number of hydrogen-bond donors (Lipinski definition) is 3. The molecule has 0 aliphatic rings. The number of amides is 2. The molecule has 37 heavy (non-hydrogen) atoms. The van der Waals surface area contributed by atoms with Gasteiger partial charge in [0.05, 0.1) is 29.6 Å². The van der Waals surface area contributed by atoms with E-state index in [0.717, 1.165) is 16.2 Å². The lowest BCUT2D eigenvalue weighted by Crippen LogP contribution is -2.50. The number of rotatable bonds is 13. The number of benzene rings is 2. The van der Waals surface area contributed by atoms with Crippen molar-refractivity contribution in [2.45, 2.75) is 33.2 Å². The summed E-state index contributed by atoms with van der Waals surface area (Å²) in [6, 6.07) is 14.6. The van der Waals surface area contributed by atoms with Crippen LogP contribution in [0.3, 0.4) is 0 Å². The molecule has 2 aromatic rings. The number of hydroxylamine groups is 1. The third-order valence-electron chi connectivity index (χ3n) is 5.60. The molecule has 0 aromatic heterocycles. The summed E-state index contributed by atoms with van der Waals surface area (Å²) in [6.07, 6.45) is 4.79. The van der Waals surface area contributed by atoms with Gasteiger partial charge in [0.15, 0.2) is 0 Å².